The Labute approximate surface area is 154 Å². The van der Waals surface area contributed by atoms with Crippen LogP contribution in [0.4, 0.5) is 11.6 Å². The number of sulfonamides is 1. The van der Waals surface area contributed by atoms with Gasteiger partial charge in [-0.3, -0.25) is 4.68 Å². The second kappa shape index (κ2) is 6.84. The number of anilines is 2. The van der Waals surface area contributed by atoms with Crippen LogP contribution in [0.2, 0.25) is 0 Å². The molecule has 9 nitrogen and oxygen atoms in total. The van der Waals surface area contributed by atoms with Gasteiger partial charge in [-0.2, -0.15) is 9.40 Å². The van der Waals surface area contributed by atoms with Gasteiger partial charge in [-0.15, -0.1) is 10.2 Å². The van der Waals surface area contributed by atoms with Crippen LogP contribution in [0.3, 0.4) is 0 Å². The second-order valence-corrected chi connectivity index (χ2v) is 8.53. The quantitative estimate of drug-likeness (QED) is 0.760. The number of rotatable bonds is 4. The van der Waals surface area contributed by atoms with Crippen LogP contribution in [0.15, 0.2) is 17.0 Å². The van der Waals surface area contributed by atoms with Crippen molar-refractivity contribution in [3.8, 4) is 0 Å². The number of piperazine rings is 1. The maximum Gasteiger partial charge on any atom is 0.246 e. The van der Waals surface area contributed by atoms with Crippen molar-refractivity contribution < 1.29 is 8.42 Å². The van der Waals surface area contributed by atoms with E-state index in [-0.39, 0.29) is 0 Å². The highest BCUT2D eigenvalue weighted by molar-refractivity contribution is 7.89. The summed E-state index contributed by atoms with van der Waals surface area (Å²) in [6, 6.07) is 3.83. The Morgan fingerprint density at radius 3 is 2.15 bits per heavy atom. The minimum atomic E-state index is -3.55. The van der Waals surface area contributed by atoms with E-state index in [4.69, 9.17) is 0 Å². The zero-order chi connectivity index (χ0) is 19.1. The lowest BCUT2D eigenvalue weighted by molar-refractivity contribution is 0.383. The van der Waals surface area contributed by atoms with Crippen LogP contribution in [0.25, 0.3) is 0 Å². The second-order valence-electron chi connectivity index (χ2n) is 6.66. The average Bonchev–Trinajstić information content (AvgIpc) is 2.87. The summed E-state index contributed by atoms with van der Waals surface area (Å²) < 4.78 is 29.2. The lowest BCUT2D eigenvalue weighted by Gasteiger charge is -2.34. The molecule has 0 radical (unpaired) electrons. The van der Waals surface area contributed by atoms with Gasteiger partial charge in [0.1, 0.15) is 4.90 Å². The van der Waals surface area contributed by atoms with Crippen molar-refractivity contribution in [2.45, 2.75) is 18.7 Å². The van der Waals surface area contributed by atoms with Gasteiger partial charge in [0, 0.05) is 47.3 Å². The minimum absolute atomic E-state index is 0.323. The van der Waals surface area contributed by atoms with Crippen LogP contribution in [0.5, 0.6) is 0 Å². The smallest absolute Gasteiger partial charge is 0.246 e. The first-order valence-electron chi connectivity index (χ1n) is 8.48. The van der Waals surface area contributed by atoms with Gasteiger partial charge in [0.15, 0.2) is 11.6 Å². The molecule has 0 aliphatic carbocycles. The number of aromatic nitrogens is 4. The molecule has 1 aliphatic heterocycles. The number of hydrogen-bond donors (Lipinski definition) is 0. The highest BCUT2D eigenvalue weighted by atomic mass is 32.2. The van der Waals surface area contributed by atoms with E-state index in [1.54, 1.807) is 25.6 Å². The van der Waals surface area contributed by atoms with Gasteiger partial charge in [0.05, 0.1) is 11.4 Å². The van der Waals surface area contributed by atoms with Gasteiger partial charge in [0.2, 0.25) is 10.0 Å². The summed E-state index contributed by atoms with van der Waals surface area (Å²) in [7, 11) is 2.04. The standard InChI is InChI=1S/C16H25N7O2S/c1-12-16(13(2)21(5)19-12)26(24,25)23-10-8-22(9-11-23)15-7-6-14(17-18-15)20(3)4/h6-7H,8-11H2,1-5H3. The van der Waals surface area contributed by atoms with E-state index in [2.05, 4.69) is 20.2 Å². The van der Waals surface area contributed by atoms with Crippen LogP contribution in [0.1, 0.15) is 11.4 Å². The summed E-state index contributed by atoms with van der Waals surface area (Å²) in [5.41, 5.74) is 1.20. The van der Waals surface area contributed by atoms with Crippen LogP contribution < -0.4 is 9.80 Å². The molecule has 0 amide bonds. The molecule has 10 heteroatoms. The zero-order valence-electron chi connectivity index (χ0n) is 15.8. The van der Waals surface area contributed by atoms with Crippen LogP contribution in [-0.4, -0.2) is 73.0 Å². The first-order valence-corrected chi connectivity index (χ1v) is 9.92. The number of aryl methyl sites for hydroxylation is 2. The zero-order valence-corrected chi connectivity index (χ0v) is 16.7. The molecule has 1 saturated heterocycles. The maximum atomic E-state index is 13.0. The molecule has 0 bridgehead atoms. The molecule has 0 unspecified atom stereocenters. The molecule has 0 aromatic carbocycles. The fourth-order valence-corrected chi connectivity index (χ4v) is 4.96. The van der Waals surface area contributed by atoms with E-state index >= 15 is 0 Å². The van der Waals surface area contributed by atoms with Crippen LogP contribution >= 0.6 is 0 Å². The van der Waals surface area contributed by atoms with E-state index in [0.717, 1.165) is 11.6 Å². The minimum Gasteiger partial charge on any atom is -0.361 e. The highest BCUT2D eigenvalue weighted by Crippen LogP contribution is 2.25. The van der Waals surface area contributed by atoms with Gasteiger partial charge in [-0.25, -0.2) is 8.42 Å². The lowest BCUT2D eigenvalue weighted by Crippen LogP contribution is -2.49. The molecule has 142 valence electrons. The lowest BCUT2D eigenvalue weighted by atomic mass is 10.3. The molecule has 1 aliphatic rings. The molecule has 0 N–H and O–H groups in total. The van der Waals surface area contributed by atoms with Crippen molar-refractivity contribution in [1.29, 1.82) is 0 Å². The largest absolute Gasteiger partial charge is 0.361 e. The van der Waals surface area contributed by atoms with E-state index in [1.807, 2.05) is 31.1 Å². The molecular weight excluding hydrogens is 354 g/mol. The Balaban J connectivity index is 1.73. The summed E-state index contributed by atoms with van der Waals surface area (Å²) in [5.74, 6) is 1.55. The number of hydrogen-bond acceptors (Lipinski definition) is 7. The topological polar surface area (TPSA) is 87.5 Å². The molecule has 0 spiro atoms. The summed E-state index contributed by atoms with van der Waals surface area (Å²) in [5, 5.41) is 12.7. The predicted octanol–water partition coefficient (Wildman–Crippen LogP) is 0.404. The van der Waals surface area contributed by atoms with E-state index in [9.17, 15) is 8.42 Å². The molecule has 2 aromatic heterocycles. The summed E-state index contributed by atoms with van der Waals surface area (Å²) >= 11 is 0. The molecule has 3 rings (SSSR count). The van der Waals surface area contributed by atoms with Crippen molar-refractivity contribution in [3.63, 3.8) is 0 Å². The molecule has 0 atom stereocenters. The van der Waals surface area contributed by atoms with Gasteiger partial charge < -0.3 is 9.80 Å². The van der Waals surface area contributed by atoms with E-state index in [0.29, 0.717) is 42.5 Å². The van der Waals surface area contributed by atoms with Crippen molar-refractivity contribution in [2.24, 2.45) is 7.05 Å². The van der Waals surface area contributed by atoms with E-state index in [1.165, 1.54) is 4.31 Å². The average molecular weight is 379 g/mol. The van der Waals surface area contributed by atoms with Crippen molar-refractivity contribution in [3.05, 3.63) is 23.5 Å². The first kappa shape index (κ1) is 18.6. The van der Waals surface area contributed by atoms with Crippen molar-refractivity contribution in [1.82, 2.24) is 24.3 Å². The van der Waals surface area contributed by atoms with Crippen molar-refractivity contribution in [2.75, 3.05) is 50.1 Å². The first-order chi connectivity index (χ1) is 12.2. The van der Waals surface area contributed by atoms with Gasteiger partial charge in [0.25, 0.3) is 0 Å². The Kier molecular flexibility index (Phi) is 4.89. The molecule has 2 aromatic rings. The SMILES string of the molecule is Cc1nn(C)c(C)c1S(=O)(=O)N1CCN(c2ccc(N(C)C)nn2)CC1. The van der Waals surface area contributed by atoms with Gasteiger partial charge >= 0.3 is 0 Å². The van der Waals surface area contributed by atoms with Crippen molar-refractivity contribution >= 4 is 21.7 Å². The van der Waals surface area contributed by atoms with Gasteiger partial charge in [-0.1, -0.05) is 0 Å². The summed E-state index contributed by atoms with van der Waals surface area (Å²) in [6.07, 6.45) is 0. The monoisotopic (exact) mass is 379 g/mol. The van der Waals surface area contributed by atoms with Crippen LogP contribution in [-0.2, 0) is 17.1 Å². The number of nitrogens with zero attached hydrogens (tertiary/aromatic N) is 7. The molecule has 3 heterocycles. The Morgan fingerprint density at radius 1 is 1.04 bits per heavy atom. The fraction of sp³-hybridized carbons (Fsp3) is 0.562. The third-order valence-electron chi connectivity index (χ3n) is 4.70. The van der Waals surface area contributed by atoms with Gasteiger partial charge in [-0.05, 0) is 26.0 Å². The van der Waals surface area contributed by atoms with E-state index < -0.39 is 10.0 Å². The normalized spacial score (nSPS) is 16.1. The Bertz CT molecular complexity index is 882. The molecular formula is C16H25N7O2S. The predicted molar refractivity (Wildman–Crippen MR) is 100 cm³/mol. The Morgan fingerprint density at radius 2 is 1.69 bits per heavy atom. The molecule has 0 saturated carbocycles. The highest BCUT2D eigenvalue weighted by Gasteiger charge is 2.33. The molecule has 26 heavy (non-hydrogen) atoms. The summed E-state index contributed by atoms with van der Waals surface area (Å²) in [6.45, 7) is 5.49. The molecule has 1 fully saturated rings. The third-order valence-corrected chi connectivity index (χ3v) is 6.85. The van der Waals surface area contributed by atoms with Crippen LogP contribution in [0, 0.1) is 13.8 Å². The summed E-state index contributed by atoms with van der Waals surface area (Å²) in [4.78, 5) is 4.27. The fourth-order valence-electron chi connectivity index (χ4n) is 3.14. The Hall–Kier alpha value is -2.20. The third kappa shape index (κ3) is 3.26. The maximum absolute atomic E-state index is 13.0.